The van der Waals surface area contributed by atoms with Crippen LogP contribution in [0, 0.1) is 0 Å². The van der Waals surface area contributed by atoms with Crippen LogP contribution in [-0.2, 0) is 4.79 Å². The lowest BCUT2D eigenvalue weighted by atomic mass is 10.0. The van der Waals surface area contributed by atoms with E-state index in [1.54, 1.807) is 0 Å². The summed E-state index contributed by atoms with van der Waals surface area (Å²) in [5, 5.41) is 18.6. The third-order valence-electron chi connectivity index (χ3n) is 6.34. The number of carbonyl (C=O) groups is 1. The van der Waals surface area contributed by atoms with Crippen molar-refractivity contribution < 1.29 is 19.5 Å². The van der Waals surface area contributed by atoms with Crippen molar-refractivity contribution in [2.45, 2.75) is 110 Å². The minimum absolute atomic E-state index is 0.0190. The Morgan fingerprint density at radius 1 is 0.862 bits per heavy atom. The molecule has 1 heterocycles. The minimum atomic E-state index is -0.801. The summed E-state index contributed by atoms with van der Waals surface area (Å²) in [6.07, 6.45) is 21.1. The van der Waals surface area contributed by atoms with Crippen molar-refractivity contribution in [3.8, 4) is 0 Å². The number of nitrogens with zero attached hydrogens (tertiary/aromatic N) is 2. The summed E-state index contributed by atoms with van der Waals surface area (Å²) >= 11 is 0. The summed E-state index contributed by atoms with van der Waals surface area (Å²) < 4.78 is 0.366. The largest absolute Gasteiger partial charge is 0.477 e. The van der Waals surface area contributed by atoms with E-state index >= 15 is 0 Å². The summed E-state index contributed by atoms with van der Waals surface area (Å²) in [6, 6.07) is 0. The van der Waals surface area contributed by atoms with Gasteiger partial charge in [-0.05, 0) is 6.42 Å². The van der Waals surface area contributed by atoms with E-state index in [1.165, 1.54) is 89.9 Å². The number of hydrogen-bond acceptors (Lipinski definition) is 3. The first-order valence-electron chi connectivity index (χ1n) is 12.4. The number of rotatable bonds is 20. The molecule has 0 aromatic rings. The molecule has 0 amide bonds. The van der Waals surface area contributed by atoms with Gasteiger partial charge in [-0.3, -0.25) is 4.48 Å². The molecule has 5 nitrogen and oxygen atoms in total. The normalized spacial score (nSPS) is 18.9. The molecule has 1 aliphatic heterocycles. The zero-order valence-corrected chi connectivity index (χ0v) is 19.0. The van der Waals surface area contributed by atoms with Crippen LogP contribution in [0.3, 0.4) is 0 Å². The summed E-state index contributed by atoms with van der Waals surface area (Å²) in [5.74, 6) is 0.195. The molecule has 1 atom stereocenters. The standard InChI is InChI=1S/C24H46N2O3/c1-2-3-4-5-6-7-8-9-10-11-12-13-14-15-16-17-23-25-18-19-26(23,20-21-27)22-24(28)29/h27H,2-22H2,1H3/p+1/t26-/m1/s1. The van der Waals surface area contributed by atoms with Crippen LogP contribution in [0.25, 0.3) is 0 Å². The topological polar surface area (TPSA) is 69.9 Å². The summed E-state index contributed by atoms with van der Waals surface area (Å²) in [4.78, 5) is 15.8. The molecule has 0 saturated heterocycles. The molecule has 0 fully saturated rings. The molecule has 170 valence electrons. The van der Waals surface area contributed by atoms with Crippen LogP contribution in [0.15, 0.2) is 4.99 Å². The maximum Gasteiger partial charge on any atom is 0.359 e. The highest BCUT2D eigenvalue weighted by atomic mass is 16.4. The molecule has 0 spiro atoms. The van der Waals surface area contributed by atoms with Crippen molar-refractivity contribution in [1.82, 2.24) is 0 Å². The van der Waals surface area contributed by atoms with Gasteiger partial charge in [-0.15, -0.1) is 0 Å². The highest BCUT2D eigenvalue weighted by Gasteiger charge is 2.39. The Morgan fingerprint density at radius 3 is 1.79 bits per heavy atom. The number of amidine groups is 1. The van der Waals surface area contributed by atoms with Gasteiger partial charge in [0.15, 0.2) is 12.4 Å². The highest BCUT2D eigenvalue weighted by molar-refractivity contribution is 5.80. The molecule has 2 N–H and O–H groups in total. The lowest BCUT2D eigenvalue weighted by Gasteiger charge is -2.32. The number of hydrogen-bond donors (Lipinski definition) is 2. The van der Waals surface area contributed by atoms with E-state index in [0.29, 0.717) is 17.6 Å². The third-order valence-corrected chi connectivity index (χ3v) is 6.34. The van der Waals surface area contributed by atoms with E-state index in [1.807, 2.05) is 0 Å². The number of aliphatic imine (C=N–C) groups is 1. The number of carboxylic acids is 1. The SMILES string of the molecule is CCCCCCCCCCCCCCCCCC1=NCC[N@@+]1(CCO)CC(=O)O. The monoisotopic (exact) mass is 411 g/mol. The summed E-state index contributed by atoms with van der Waals surface area (Å²) in [6.45, 7) is 4.24. The van der Waals surface area contributed by atoms with Gasteiger partial charge in [0.25, 0.3) is 0 Å². The Balaban J connectivity index is 1.98. The molecule has 0 saturated carbocycles. The first kappa shape index (κ1) is 26.1. The fraction of sp³-hybridized carbons (Fsp3) is 0.917. The zero-order valence-electron chi connectivity index (χ0n) is 19.0. The van der Waals surface area contributed by atoms with Crippen LogP contribution in [0.2, 0.25) is 0 Å². The number of carboxylic acid groups (broad SMARTS) is 1. The molecule has 0 bridgehead atoms. The maximum absolute atomic E-state index is 11.2. The van der Waals surface area contributed by atoms with Crippen molar-refractivity contribution in [3.05, 3.63) is 0 Å². The van der Waals surface area contributed by atoms with Gasteiger partial charge < -0.3 is 10.2 Å². The second kappa shape index (κ2) is 16.8. The third kappa shape index (κ3) is 11.7. The second-order valence-electron chi connectivity index (χ2n) is 8.87. The molecule has 5 heteroatoms. The van der Waals surface area contributed by atoms with Crippen LogP contribution in [0.1, 0.15) is 110 Å². The van der Waals surface area contributed by atoms with E-state index in [2.05, 4.69) is 11.9 Å². The average molecular weight is 412 g/mol. The fourth-order valence-corrected chi connectivity index (χ4v) is 4.56. The van der Waals surface area contributed by atoms with Crippen LogP contribution >= 0.6 is 0 Å². The molecular formula is C24H47N2O3+. The van der Waals surface area contributed by atoms with Gasteiger partial charge in [-0.25, -0.2) is 9.79 Å². The highest BCUT2D eigenvalue weighted by Crippen LogP contribution is 2.20. The molecule has 0 aromatic carbocycles. The smallest absolute Gasteiger partial charge is 0.359 e. The Hall–Kier alpha value is -0.940. The lowest BCUT2D eigenvalue weighted by Crippen LogP contribution is -2.55. The average Bonchev–Trinajstić information content (AvgIpc) is 3.06. The molecule has 1 aliphatic rings. The van der Waals surface area contributed by atoms with Gasteiger partial charge in [-0.1, -0.05) is 96.8 Å². The quantitative estimate of drug-likeness (QED) is 0.204. The van der Waals surface area contributed by atoms with Gasteiger partial charge in [0.1, 0.15) is 13.1 Å². The van der Waals surface area contributed by atoms with Gasteiger partial charge in [-0.2, -0.15) is 0 Å². The molecule has 29 heavy (non-hydrogen) atoms. The van der Waals surface area contributed by atoms with Gasteiger partial charge in [0, 0.05) is 6.42 Å². The molecule has 0 radical (unpaired) electrons. The number of unbranched alkanes of at least 4 members (excludes halogenated alkanes) is 14. The number of aliphatic hydroxyl groups is 1. The Kier molecular flexibility index (Phi) is 15.1. The van der Waals surface area contributed by atoms with Crippen molar-refractivity contribution in [1.29, 1.82) is 0 Å². The van der Waals surface area contributed by atoms with Gasteiger partial charge in [0.2, 0.25) is 0 Å². The molecule has 1 rings (SSSR count). The van der Waals surface area contributed by atoms with E-state index in [-0.39, 0.29) is 13.2 Å². The maximum atomic E-state index is 11.2. The predicted octanol–water partition coefficient (Wildman–Crippen LogP) is 5.55. The van der Waals surface area contributed by atoms with E-state index in [4.69, 9.17) is 0 Å². The van der Waals surface area contributed by atoms with Crippen LogP contribution in [0.5, 0.6) is 0 Å². The number of quaternary nitrogens is 1. The first-order chi connectivity index (χ1) is 14.1. The van der Waals surface area contributed by atoms with Crippen molar-refractivity contribution >= 4 is 11.8 Å². The van der Waals surface area contributed by atoms with Crippen molar-refractivity contribution in [2.75, 3.05) is 32.8 Å². The lowest BCUT2D eigenvalue weighted by molar-refractivity contribution is -0.829. The summed E-state index contributed by atoms with van der Waals surface area (Å²) in [7, 11) is 0. The zero-order chi connectivity index (χ0) is 21.2. The predicted molar refractivity (Wildman–Crippen MR) is 121 cm³/mol. The second-order valence-corrected chi connectivity index (χ2v) is 8.87. The van der Waals surface area contributed by atoms with E-state index < -0.39 is 5.97 Å². The molecular weight excluding hydrogens is 364 g/mol. The van der Waals surface area contributed by atoms with E-state index in [9.17, 15) is 15.0 Å². The van der Waals surface area contributed by atoms with Crippen molar-refractivity contribution in [2.24, 2.45) is 4.99 Å². The van der Waals surface area contributed by atoms with E-state index in [0.717, 1.165) is 25.2 Å². The Labute approximate surface area is 179 Å². The Morgan fingerprint density at radius 2 is 1.34 bits per heavy atom. The summed E-state index contributed by atoms with van der Waals surface area (Å²) in [5.41, 5.74) is 0. The molecule has 0 aromatic heterocycles. The fourth-order valence-electron chi connectivity index (χ4n) is 4.56. The minimum Gasteiger partial charge on any atom is -0.477 e. The van der Waals surface area contributed by atoms with Gasteiger partial charge in [0.05, 0.1) is 13.2 Å². The number of aliphatic hydroxyl groups excluding tert-OH is 1. The molecule has 0 aliphatic carbocycles. The van der Waals surface area contributed by atoms with Crippen molar-refractivity contribution in [3.63, 3.8) is 0 Å². The number of aliphatic carboxylic acids is 1. The van der Waals surface area contributed by atoms with Crippen LogP contribution < -0.4 is 0 Å². The first-order valence-corrected chi connectivity index (χ1v) is 12.4. The molecule has 0 unspecified atom stereocenters. The Bertz CT molecular complexity index is 453. The van der Waals surface area contributed by atoms with Crippen LogP contribution in [0.4, 0.5) is 0 Å². The van der Waals surface area contributed by atoms with Gasteiger partial charge >= 0.3 is 5.97 Å². The van der Waals surface area contributed by atoms with Crippen LogP contribution in [-0.4, -0.2) is 59.3 Å².